The highest BCUT2D eigenvalue weighted by molar-refractivity contribution is 7.19. The Morgan fingerprint density at radius 2 is 2.14 bits per heavy atom. The molecule has 1 amide bonds. The van der Waals surface area contributed by atoms with Crippen LogP contribution in [0.15, 0.2) is 24.4 Å². The molecule has 3 unspecified atom stereocenters. The van der Waals surface area contributed by atoms with Gasteiger partial charge in [-0.2, -0.15) is 0 Å². The fourth-order valence-electron chi connectivity index (χ4n) is 6.30. The number of aliphatic hydroxyl groups excluding tert-OH is 1. The van der Waals surface area contributed by atoms with Gasteiger partial charge in [0.1, 0.15) is 6.23 Å². The predicted molar refractivity (Wildman–Crippen MR) is 142 cm³/mol. The molecule has 4 atom stereocenters. The standard InChI is InChI=1S/C27H35N5O3S/c1-15-20(30(4)5)11-21(31(15)13-16-12-28-8-9-35-16)18-6-7-29-19-10-17(36-24(18)19)14-32-25(33)22-23(26(32)34)27(22,2)3/h6-7,10-11,16,22-23,25,28,33H,8-9,12-14H2,1-5H3/t16-,22?,23?,25?/m0/s1. The summed E-state index contributed by atoms with van der Waals surface area (Å²) in [6.45, 7) is 9.98. The molecule has 3 aromatic rings. The molecule has 36 heavy (non-hydrogen) atoms. The van der Waals surface area contributed by atoms with Gasteiger partial charge in [-0.15, -0.1) is 11.3 Å². The number of piperidine rings is 1. The Hall–Kier alpha value is -2.46. The summed E-state index contributed by atoms with van der Waals surface area (Å²) in [4.78, 5) is 22.4. The Bertz CT molecular complexity index is 1320. The minimum absolute atomic E-state index is 0.0419. The summed E-state index contributed by atoms with van der Waals surface area (Å²) < 4.78 is 9.51. The molecule has 0 radical (unpaired) electrons. The molecule has 1 aliphatic carbocycles. The van der Waals surface area contributed by atoms with Crippen LogP contribution in [0.25, 0.3) is 21.5 Å². The fourth-order valence-corrected chi connectivity index (χ4v) is 7.43. The third kappa shape index (κ3) is 3.67. The largest absolute Gasteiger partial charge is 0.376 e. The zero-order chi connectivity index (χ0) is 25.4. The van der Waals surface area contributed by atoms with Crippen LogP contribution in [-0.2, 0) is 22.6 Å². The number of pyridine rings is 1. The molecule has 9 heteroatoms. The molecule has 5 heterocycles. The molecule has 3 aliphatic rings. The zero-order valence-electron chi connectivity index (χ0n) is 21.6. The van der Waals surface area contributed by atoms with E-state index in [-0.39, 0.29) is 29.3 Å². The Morgan fingerprint density at radius 3 is 2.81 bits per heavy atom. The first-order valence-corrected chi connectivity index (χ1v) is 13.6. The van der Waals surface area contributed by atoms with Gasteiger partial charge in [0.15, 0.2) is 0 Å². The molecule has 2 aliphatic heterocycles. The van der Waals surface area contributed by atoms with Gasteiger partial charge in [-0.05, 0) is 30.5 Å². The van der Waals surface area contributed by atoms with E-state index in [0.717, 1.165) is 52.6 Å². The third-order valence-corrected chi connectivity index (χ3v) is 9.52. The number of thiophene rings is 1. The second-order valence-electron chi connectivity index (χ2n) is 11.2. The van der Waals surface area contributed by atoms with Crippen LogP contribution < -0.4 is 10.2 Å². The molecule has 8 nitrogen and oxygen atoms in total. The summed E-state index contributed by atoms with van der Waals surface area (Å²) in [5, 5.41) is 14.3. The molecule has 2 N–H and O–H groups in total. The van der Waals surface area contributed by atoms with E-state index in [4.69, 9.17) is 4.74 Å². The van der Waals surface area contributed by atoms with Gasteiger partial charge in [0.25, 0.3) is 0 Å². The maximum Gasteiger partial charge on any atom is 0.229 e. The van der Waals surface area contributed by atoms with Gasteiger partial charge in [0.05, 0.1) is 53.3 Å². The van der Waals surface area contributed by atoms with Crippen LogP contribution in [0, 0.1) is 24.2 Å². The number of nitrogens with one attached hydrogen (secondary N) is 1. The number of hydrogen-bond acceptors (Lipinski definition) is 7. The Kier molecular flexibility index (Phi) is 5.68. The van der Waals surface area contributed by atoms with Gasteiger partial charge >= 0.3 is 0 Å². The topological polar surface area (TPSA) is 82.9 Å². The first kappa shape index (κ1) is 23.9. The van der Waals surface area contributed by atoms with Crippen molar-refractivity contribution in [3.8, 4) is 11.3 Å². The molecule has 3 fully saturated rings. The maximum atomic E-state index is 12.9. The molecule has 1 saturated carbocycles. The van der Waals surface area contributed by atoms with E-state index in [1.165, 1.54) is 11.4 Å². The molecular formula is C27H35N5O3S. The fraction of sp³-hybridized carbons (Fsp3) is 0.556. The van der Waals surface area contributed by atoms with Crippen LogP contribution >= 0.6 is 11.3 Å². The number of morpholine rings is 1. The van der Waals surface area contributed by atoms with Crippen LogP contribution in [-0.4, -0.2) is 71.6 Å². The summed E-state index contributed by atoms with van der Waals surface area (Å²) in [5.41, 5.74) is 5.50. The molecular weight excluding hydrogens is 474 g/mol. The summed E-state index contributed by atoms with van der Waals surface area (Å²) in [6, 6.07) is 6.41. The van der Waals surface area contributed by atoms with E-state index in [2.05, 4.69) is 72.8 Å². The summed E-state index contributed by atoms with van der Waals surface area (Å²) in [7, 11) is 4.15. The number of anilines is 1. The van der Waals surface area contributed by atoms with E-state index in [9.17, 15) is 9.90 Å². The summed E-state index contributed by atoms with van der Waals surface area (Å²) in [6.07, 6.45) is 1.28. The van der Waals surface area contributed by atoms with Gasteiger partial charge in [0, 0.05) is 55.4 Å². The highest BCUT2D eigenvalue weighted by Gasteiger charge is 2.71. The van der Waals surface area contributed by atoms with Gasteiger partial charge in [-0.3, -0.25) is 9.78 Å². The van der Waals surface area contributed by atoms with Crippen LogP contribution in [0.2, 0.25) is 0 Å². The number of ether oxygens (including phenoxy) is 1. The molecule has 0 spiro atoms. The first-order chi connectivity index (χ1) is 17.2. The average molecular weight is 510 g/mol. The third-order valence-electron chi connectivity index (χ3n) is 8.38. The highest BCUT2D eigenvalue weighted by atomic mass is 32.1. The highest BCUT2D eigenvalue weighted by Crippen LogP contribution is 2.65. The van der Waals surface area contributed by atoms with Gasteiger partial charge in [0.2, 0.25) is 5.91 Å². The lowest BCUT2D eigenvalue weighted by molar-refractivity contribution is -0.140. The van der Waals surface area contributed by atoms with Crippen molar-refractivity contribution in [2.75, 3.05) is 38.7 Å². The molecule has 6 rings (SSSR count). The van der Waals surface area contributed by atoms with Crippen molar-refractivity contribution in [1.82, 2.24) is 19.8 Å². The Labute approximate surface area is 215 Å². The lowest BCUT2D eigenvalue weighted by Gasteiger charge is -2.26. The number of aliphatic hydroxyl groups is 1. The van der Waals surface area contributed by atoms with E-state index in [1.807, 2.05) is 6.20 Å². The van der Waals surface area contributed by atoms with Gasteiger partial charge in [-0.25, -0.2) is 0 Å². The number of amides is 1. The molecule has 2 saturated heterocycles. The Morgan fingerprint density at radius 1 is 1.33 bits per heavy atom. The monoisotopic (exact) mass is 509 g/mol. The van der Waals surface area contributed by atoms with Crippen molar-refractivity contribution < 1.29 is 14.6 Å². The van der Waals surface area contributed by atoms with E-state index < -0.39 is 6.23 Å². The number of nitrogens with zero attached hydrogens (tertiary/aromatic N) is 4. The first-order valence-electron chi connectivity index (χ1n) is 12.7. The number of fused-ring (bicyclic) bond motifs is 2. The van der Waals surface area contributed by atoms with Crippen molar-refractivity contribution in [1.29, 1.82) is 0 Å². The number of carbonyl (C=O) groups is 1. The summed E-state index contributed by atoms with van der Waals surface area (Å²) in [5.74, 6) is 0.0624. The lowest BCUT2D eigenvalue weighted by atomic mass is 10.1. The van der Waals surface area contributed by atoms with Crippen molar-refractivity contribution in [3.63, 3.8) is 0 Å². The minimum atomic E-state index is -0.707. The molecule has 3 aromatic heterocycles. The van der Waals surface area contributed by atoms with Crippen LogP contribution in [0.4, 0.5) is 5.69 Å². The minimum Gasteiger partial charge on any atom is -0.376 e. The lowest BCUT2D eigenvalue weighted by Crippen LogP contribution is -2.41. The second-order valence-corrected chi connectivity index (χ2v) is 12.3. The van der Waals surface area contributed by atoms with E-state index in [1.54, 1.807) is 16.2 Å². The normalized spacial score (nSPS) is 27.1. The quantitative estimate of drug-likeness (QED) is 0.532. The molecule has 0 aromatic carbocycles. The maximum absolute atomic E-state index is 12.9. The van der Waals surface area contributed by atoms with Crippen molar-refractivity contribution >= 4 is 33.1 Å². The number of hydrogen-bond donors (Lipinski definition) is 2. The van der Waals surface area contributed by atoms with Crippen LogP contribution in [0.3, 0.4) is 0 Å². The Balaban J connectivity index is 1.35. The van der Waals surface area contributed by atoms with Crippen LogP contribution in [0.5, 0.6) is 0 Å². The second kappa shape index (κ2) is 8.55. The smallest absolute Gasteiger partial charge is 0.229 e. The number of carbonyl (C=O) groups excluding carboxylic acids is 1. The molecule has 0 bridgehead atoms. The SMILES string of the molecule is Cc1c(N(C)C)cc(-c2ccnc3cc(CN4C(=O)C5C(C4O)C5(C)C)sc23)n1C[C@@H]1CNCCO1. The van der Waals surface area contributed by atoms with Crippen molar-refractivity contribution in [2.45, 2.75) is 46.2 Å². The predicted octanol–water partition coefficient (Wildman–Crippen LogP) is 3.06. The van der Waals surface area contributed by atoms with E-state index >= 15 is 0 Å². The average Bonchev–Trinajstić information content (AvgIpc) is 3.14. The summed E-state index contributed by atoms with van der Waals surface area (Å²) >= 11 is 1.67. The van der Waals surface area contributed by atoms with Crippen molar-refractivity contribution in [2.24, 2.45) is 17.3 Å². The van der Waals surface area contributed by atoms with E-state index in [0.29, 0.717) is 6.54 Å². The zero-order valence-corrected chi connectivity index (χ0v) is 22.4. The van der Waals surface area contributed by atoms with Gasteiger partial charge < -0.3 is 29.5 Å². The van der Waals surface area contributed by atoms with Crippen LogP contribution in [0.1, 0.15) is 24.4 Å². The van der Waals surface area contributed by atoms with Gasteiger partial charge in [-0.1, -0.05) is 13.8 Å². The molecule has 192 valence electrons. The number of aromatic nitrogens is 2. The number of likely N-dealkylation sites (tertiary alicyclic amines) is 1. The van der Waals surface area contributed by atoms with Crippen molar-refractivity contribution in [3.05, 3.63) is 35.0 Å². The number of rotatable bonds is 6.